The Morgan fingerprint density at radius 1 is 1.00 bits per heavy atom. The lowest BCUT2D eigenvalue weighted by Crippen LogP contribution is -2.61. The smallest absolute Gasteiger partial charge is 0.416 e. The molecule has 0 radical (unpaired) electrons. The van der Waals surface area contributed by atoms with Crippen LogP contribution in [0.4, 0.5) is 50.0 Å². The first-order valence-electron chi connectivity index (χ1n) is 12.1. The second-order valence-electron chi connectivity index (χ2n) is 9.72. The Balaban J connectivity index is 1.86. The van der Waals surface area contributed by atoms with Gasteiger partial charge in [0, 0.05) is 18.5 Å². The van der Waals surface area contributed by atoms with E-state index in [-0.39, 0.29) is 51.7 Å². The van der Waals surface area contributed by atoms with Crippen LogP contribution in [0.1, 0.15) is 65.0 Å². The molecule has 0 saturated carbocycles. The molecule has 226 valence electrons. The van der Waals surface area contributed by atoms with E-state index in [1.165, 1.54) is 0 Å². The predicted molar refractivity (Wildman–Crippen MR) is 135 cm³/mol. The Morgan fingerprint density at radius 3 is 2.07 bits per heavy atom. The number of carbonyl (C=O) groups is 1. The zero-order valence-electron chi connectivity index (χ0n) is 21.3. The van der Waals surface area contributed by atoms with Crippen molar-refractivity contribution < 1.29 is 49.4 Å². The molecule has 16 heteroatoms. The first kappa shape index (κ1) is 31.5. The van der Waals surface area contributed by atoms with Gasteiger partial charge in [0.25, 0.3) is 0 Å². The lowest BCUT2D eigenvalue weighted by molar-refractivity contribution is -0.143. The SMILES string of the molecule is CC[C@]1(N)C[C@H](c2ncc(Br)c(Cc3cc(C(F)(F)F)cc(C(F)(F)F)c3)n2)c2cc(C(F)(F)F)ccc2N1C(=O)O. The van der Waals surface area contributed by atoms with Gasteiger partial charge in [0.05, 0.1) is 32.5 Å². The number of alkyl halides is 9. The molecule has 6 nitrogen and oxygen atoms in total. The number of hydrogen-bond acceptors (Lipinski definition) is 4. The number of halogens is 10. The van der Waals surface area contributed by atoms with Crippen LogP contribution in [0.15, 0.2) is 47.1 Å². The van der Waals surface area contributed by atoms with Crippen LogP contribution in [0.25, 0.3) is 0 Å². The topological polar surface area (TPSA) is 92.3 Å². The van der Waals surface area contributed by atoms with Gasteiger partial charge in [0.1, 0.15) is 11.5 Å². The molecular formula is C26H20BrF9N4O2. The lowest BCUT2D eigenvalue weighted by Gasteiger charge is -2.46. The maximum Gasteiger partial charge on any atom is 0.416 e. The van der Waals surface area contributed by atoms with E-state index in [4.69, 9.17) is 5.73 Å². The van der Waals surface area contributed by atoms with Crippen molar-refractivity contribution in [3.63, 3.8) is 0 Å². The Bertz CT molecular complexity index is 1490. The molecule has 1 aliphatic heterocycles. The average molecular weight is 671 g/mol. The molecule has 1 aliphatic rings. The fourth-order valence-corrected chi connectivity index (χ4v) is 5.19. The van der Waals surface area contributed by atoms with Crippen molar-refractivity contribution in [1.82, 2.24) is 9.97 Å². The zero-order chi connectivity index (χ0) is 31.4. The number of carboxylic acid groups (broad SMARTS) is 1. The zero-order valence-corrected chi connectivity index (χ0v) is 22.9. The van der Waals surface area contributed by atoms with E-state index in [2.05, 4.69) is 25.9 Å². The summed E-state index contributed by atoms with van der Waals surface area (Å²) in [6, 6.07) is 3.49. The number of nitrogens with two attached hydrogens (primary N) is 1. The fourth-order valence-electron chi connectivity index (χ4n) is 4.86. The molecular weight excluding hydrogens is 651 g/mol. The molecule has 0 aliphatic carbocycles. The quantitative estimate of drug-likeness (QED) is 0.275. The van der Waals surface area contributed by atoms with Crippen molar-refractivity contribution in [3.05, 3.63) is 86.4 Å². The predicted octanol–water partition coefficient (Wildman–Crippen LogP) is 7.97. The second kappa shape index (κ2) is 10.7. The minimum atomic E-state index is -5.08. The molecule has 0 fully saturated rings. The molecule has 0 bridgehead atoms. The summed E-state index contributed by atoms with van der Waals surface area (Å²) in [7, 11) is 0. The Labute approximate surface area is 240 Å². The third kappa shape index (κ3) is 6.19. The summed E-state index contributed by atoms with van der Waals surface area (Å²) >= 11 is 3.13. The molecule has 3 aromatic rings. The maximum atomic E-state index is 13.6. The van der Waals surface area contributed by atoms with Gasteiger partial charge in [-0.3, -0.25) is 4.90 Å². The highest BCUT2D eigenvalue weighted by molar-refractivity contribution is 9.10. The Morgan fingerprint density at radius 2 is 1.57 bits per heavy atom. The van der Waals surface area contributed by atoms with Crippen molar-refractivity contribution in [1.29, 1.82) is 0 Å². The van der Waals surface area contributed by atoms with Crippen LogP contribution in [-0.2, 0) is 24.9 Å². The number of aromatic nitrogens is 2. The van der Waals surface area contributed by atoms with Gasteiger partial charge in [-0.25, -0.2) is 14.8 Å². The summed E-state index contributed by atoms with van der Waals surface area (Å²) in [4.78, 5) is 21.4. The van der Waals surface area contributed by atoms with Gasteiger partial charge < -0.3 is 10.8 Å². The van der Waals surface area contributed by atoms with Crippen LogP contribution in [0.2, 0.25) is 0 Å². The average Bonchev–Trinajstić information content (AvgIpc) is 2.87. The number of rotatable bonds is 4. The second-order valence-corrected chi connectivity index (χ2v) is 10.6. The van der Waals surface area contributed by atoms with E-state index in [0.717, 1.165) is 23.2 Å². The van der Waals surface area contributed by atoms with Gasteiger partial charge in [0.15, 0.2) is 0 Å². The standard InChI is InChI=1S/C26H20BrF9N4O2/c1-2-23(37)10-17(16-9-13(24(28,29)30)3-4-20(16)40(23)22(41)42)21-38-11-18(27)19(39-21)7-12-5-14(25(31,32)33)8-15(6-12)26(34,35)36/h3-6,8-9,11,17H,2,7,10,37H2,1H3,(H,41,42)/t17-,23+/m0/s1. The molecule has 2 aromatic carbocycles. The van der Waals surface area contributed by atoms with Crippen molar-refractivity contribution in [3.8, 4) is 0 Å². The summed E-state index contributed by atoms with van der Waals surface area (Å²) in [5.41, 5.74) is -0.0200. The van der Waals surface area contributed by atoms with Crippen LogP contribution >= 0.6 is 15.9 Å². The highest BCUT2D eigenvalue weighted by Crippen LogP contribution is 2.47. The minimum absolute atomic E-state index is 0.0130. The van der Waals surface area contributed by atoms with E-state index >= 15 is 0 Å². The van der Waals surface area contributed by atoms with Gasteiger partial charge in [-0.15, -0.1) is 0 Å². The molecule has 2 atom stereocenters. The highest BCUT2D eigenvalue weighted by Gasteiger charge is 2.47. The van der Waals surface area contributed by atoms with Crippen molar-refractivity contribution in [2.45, 2.75) is 56.3 Å². The van der Waals surface area contributed by atoms with Crippen molar-refractivity contribution in [2.75, 3.05) is 4.90 Å². The first-order chi connectivity index (χ1) is 19.2. The number of nitrogens with zero attached hydrogens (tertiary/aromatic N) is 3. The molecule has 1 amide bonds. The van der Waals surface area contributed by atoms with Crippen molar-refractivity contribution in [2.24, 2.45) is 5.73 Å². The third-order valence-corrected chi connectivity index (χ3v) is 7.61. The first-order valence-corrected chi connectivity index (χ1v) is 12.9. The van der Waals surface area contributed by atoms with E-state index in [1.54, 1.807) is 6.92 Å². The molecule has 0 unspecified atom stereocenters. The number of anilines is 1. The van der Waals surface area contributed by atoms with Crippen LogP contribution in [0, 0.1) is 0 Å². The van der Waals surface area contributed by atoms with E-state index in [9.17, 15) is 49.4 Å². The number of fused-ring (bicyclic) bond motifs is 1. The number of hydrogen-bond donors (Lipinski definition) is 2. The lowest BCUT2D eigenvalue weighted by atomic mass is 9.80. The van der Waals surface area contributed by atoms with Crippen LogP contribution < -0.4 is 10.6 Å². The summed E-state index contributed by atoms with van der Waals surface area (Å²) < 4.78 is 121. The molecule has 1 aromatic heterocycles. The molecule has 3 N–H and O–H groups in total. The monoisotopic (exact) mass is 670 g/mol. The van der Waals surface area contributed by atoms with Gasteiger partial charge >= 0.3 is 24.6 Å². The molecule has 0 saturated heterocycles. The van der Waals surface area contributed by atoms with Gasteiger partial charge in [-0.05, 0) is 76.3 Å². The molecule has 42 heavy (non-hydrogen) atoms. The summed E-state index contributed by atoms with van der Waals surface area (Å²) in [6.45, 7) is 1.57. The number of amides is 1. The van der Waals surface area contributed by atoms with Crippen LogP contribution in [0.5, 0.6) is 0 Å². The minimum Gasteiger partial charge on any atom is -0.465 e. The number of benzene rings is 2. The molecule has 0 spiro atoms. The normalized spacial score (nSPS) is 19.5. The Hall–Kier alpha value is -3.40. The van der Waals surface area contributed by atoms with E-state index in [0.29, 0.717) is 18.2 Å². The third-order valence-electron chi connectivity index (χ3n) is 6.94. The molecule has 4 rings (SSSR count). The van der Waals surface area contributed by atoms with Gasteiger partial charge in [-0.2, -0.15) is 39.5 Å². The summed E-state index contributed by atoms with van der Waals surface area (Å²) in [5, 5.41) is 9.87. The van der Waals surface area contributed by atoms with E-state index < -0.39 is 59.3 Å². The molecule has 2 heterocycles. The van der Waals surface area contributed by atoms with Crippen molar-refractivity contribution >= 4 is 27.7 Å². The summed E-state index contributed by atoms with van der Waals surface area (Å²) in [5.74, 6) is -1.26. The van der Waals surface area contributed by atoms with E-state index in [1.807, 2.05) is 0 Å². The highest BCUT2D eigenvalue weighted by atomic mass is 79.9. The van der Waals surface area contributed by atoms with Gasteiger partial charge in [-0.1, -0.05) is 6.92 Å². The summed E-state index contributed by atoms with van der Waals surface area (Å²) in [6.07, 6.45) is -16.1. The van der Waals surface area contributed by atoms with Crippen LogP contribution in [-0.4, -0.2) is 26.8 Å². The Kier molecular flexibility index (Phi) is 8.04. The maximum absolute atomic E-state index is 13.6. The largest absolute Gasteiger partial charge is 0.465 e. The fraction of sp³-hybridized carbons (Fsp3) is 0.346. The van der Waals surface area contributed by atoms with Gasteiger partial charge in [0.2, 0.25) is 0 Å². The van der Waals surface area contributed by atoms with Crippen LogP contribution in [0.3, 0.4) is 0 Å².